The SMILES string of the molecule is O=C(CCCCCNC1=NCCN1)Nc1ccc(C[C@H](NC(=O)[C@@H]2CCCN2S(=O)(=O)c2ccccc2)C(=O)O)cc1. The average Bonchev–Trinajstić information content (AvgIpc) is 3.69. The van der Waals surface area contributed by atoms with Gasteiger partial charge < -0.3 is 26.4 Å². The van der Waals surface area contributed by atoms with Gasteiger partial charge in [-0.3, -0.25) is 14.6 Å². The Hall–Kier alpha value is -3.97. The van der Waals surface area contributed by atoms with Gasteiger partial charge in [-0.1, -0.05) is 36.8 Å². The van der Waals surface area contributed by atoms with E-state index in [1.54, 1.807) is 42.5 Å². The summed E-state index contributed by atoms with van der Waals surface area (Å²) in [5.74, 6) is -1.12. The molecule has 1 fully saturated rings. The second-order valence-electron chi connectivity index (χ2n) is 10.3. The van der Waals surface area contributed by atoms with E-state index in [1.165, 1.54) is 12.1 Å². The first-order valence-electron chi connectivity index (χ1n) is 14.2. The Labute approximate surface area is 246 Å². The van der Waals surface area contributed by atoms with Crippen LogP contribution in [0.3, 0.4) is 0 Å². The van der Waals surface area contributed by atoms with Crippen LogP contribution < -0.4 is 21.3 Å². The normalized spacial score (nSPS) is 17.6. The molecule has 2 aromatic rings. The third-order valence-electron chi connectivity index (χ3n) is 7.20. The molecule has 2 atom stereocenters. The second-order valence-corrected chi connectivity index (χ2v) is 12.2. The number of hydrogen-bond donors (Lipinski definition) is 5. The summed E-state index contributed by atoms with van der Waals surface area (Å²) < 4.78 is 27.4. The highest BCUT2D eigenvalue weighted by Crippen LogP contribution is 2.26. The number of unbranched alkanes of at least 4 members (excludes halogenated alkanes) is 2. The number of nitrogens with one attached hydrogen (secondary N) is 4. The van der Waals surface area contributed by atoms with E-state index in [0.29, 0.717) is 30.5 Å². The van der Waals surface area contributed by atoms with Crippen LogP contribution in [0.1, 0.15) is 44.1 Å². The lowest BCUT2D eigenvalue weighted by atomic mass is 10.0. The van der Waals surface area contributed by atoms with E-state index in [0.717, 1.165) is 49.2 Å². The van der Waals surface area contributed by atoms with Crippen molar-refractivity contribution in [2.75, 3.05) is 31.5 Å². The quantitative estimate of drug-likeness (QED) is 0.205. The number of nitrogens with zero attached hydrogens (tertiary/aromatic N) is 2. The monoisotopic (exact) mass is 598 g/mol. The number of hydrogen-bond acceptors (Lipinski definition) is 8. The maximum absolute atomic E-state index is 13.1. The number of carbonyl (C=O) groups is 3. The molecule has 12 nitrogen and oxygen atoms in total. The van der Waals surface area contributed by atoms with Crippen molar-refractivity contribution >= 4 is 39.5 Å². The number of benzene rings is 2. The Kier molecular flexibility index (Phi) is 10.9. The predicted octanol–water partition coefficient (Wildman–Crippen LogP) is 1.70. The summed E-state index contributed by atoms with van der Waals surface area (Å²) in [5.41, 5.74) is 1.24. The molecule has 0 spiro atoms. The molecule has 1 saturated heterocycles. The number of carboxylic acids is 1. The first-order chi connectivity index (χ1) is 20.2. The fourth-order valence-corrected chi connectivity index (χ4v) is 6.66. The molecule has 42 heavy (non-hydrogen) atoms. The number of carbonyl (C=O) groups excluding carboxylic acids is 2. The molecule has 13 heteroatoms. The lowest BCUT2D eigenvalue weighted by Crippen LogP contribution is -2.51. The largest absolute Gasteiger partial charge is 0.480 e. The molecule has 2 aliphatic heterocycles. The smallest absolute Gasteiger partial charge is 0.326 e. The van der Waals surface area contributed by atoms with Crippen molar-refractivity contribution in [2.24, 2.45) is 4.99 Å². The van der Waals surface area contributed by atoms with E-state index in [4.69, 9.17) is 0 Å². The summed E-state index contributed by atoms with van der Waals surface area (Å²) in [6, 6.07) is 12.4. The fourth-order valence-electron chi connectivity index (χ4n) is 4.98. The minimum Gasteiger partial charge on any atom is -0.480 e. The third kappa shape index (κ3) is 8.52. The summed E-state index contributed by atoms with van der Waals surface area (Å²) >= 11 is 0. The zero-order valence-electron chi connectivity index (χ0n) is 23.4. The van der Waals surface area contributed by atoms with Crippen molar-refractivity contribution in [1.82, 2.24) is 20.3 Å². The Balaban J connectivity index is 1.24. The molecule has 226 valence electrons. The molecule has 0 unspecified atom stereocenters. The van der Waals surface area contributed by atoms with Crippen LogP contribution in [-0.2, 0) is 30.8 Å². The highest BCUT2D eigenvalue weighted by atomic mass is 32.2. The summed E-state index contributed by atoms with van der Waals surface area (Å²) in [5, 5.41) is 21.5. The second kappa shape index (κ2) is 14.8. The summed E-state index contributed by atoms with van der Waals surface area (Å²) in [6.45, 7) is 2.65. The number of carboxylic acid groups (broad SMARTS) is 1. The van der Waals surface area contributed by atoms with Gasteiger partial charge in [-0.15, -0.1) is 0 Å². The Morgan fingerprint density at radius 3 is 2.50 bits per heavy atom. The Morgan fingerprint density at radius 2 is 1.81 bits per heavy atom. The minimum absolute atomic E-state index is 0.00341. The summed E-state index contributed by atoms with van der Waals surface area (Å²) in [4.78, 5) is 41.7. The molecule has 4 rings (SSSR count). The van der Waals surface area contributed by atoms with Crippen molar-refractivity contribution in [2.45, 2.75) is 61.9 Å². The van der Waals surface area contributed by atoms with Crippen LogP contribution in [0.25, 0.3) is 0 Å². The van der Waals surface area contributed by atoms with E-state index < -0.39 is 34.0 Å². The molecule has 2 aliphatic rings. The summed E-state index contributed by atoms with van der Waals surface area (Å²) in [7, 11) is -3.90. The fraction of sp³-hybridized carbons (Fsp3) is 0.448. The molecule has 0 aromatic heterocycles. The van der Waals surface area contributed by atoms with E-state index >= 15 is 0 Å². The van der Waals surface area contributed by atoms with Gasteiger partial charge >= 0.3 is 5.97 Å². The van der Waals surface area contributed by atoms with Crippen molar-refractivity contribution < 1.29 is 27.9 Å². The van der Waals surface area contributed by atoms with Gasteiger partial charge in [0.25, 0.3) is 0 Å². The lowest BCUT2D eigenvalue weighted by Gasteiger charge is -2.25. The van der Waals surface area contributed by atoms with Gasteiger partial charge in [-0.25, -0.2) is 13.2 Å². The molecular weight excluding hydrogens is 560 g/mol. The Bertz CT molecular complexity index is 1370. The standard InChI is InChI=1S/C29H38N6O6S/c36-26(11-5-2-6-16-30-29-31-17-18-32-29)33-22-14-12-21(13-15-22)20-24(28(38)39)34-27(37)25-10-7-19-35(25)42(40,41)23-8-3-1-4-9-23/h1,3-4,8-9,12-15,24-25H,2,5-7,10-11,16-20H2,(H,33,36)(H,34,37)(H,38,39)(H2,30,31,32)/t24-,25-/m0/s1. The predicted molar refractivity (Wildman–Crippen MR) is 158 cm³/mol. The van der Waals surface area contributed by atoms with Crippen LogP contribution in [0.15, 0.2) is 64.5 Å². The van der Waals surface area contributed by atoms with Gasteiger partial charge in [0.1, 0.15) is 12.1 Å². The minimum atomic E-state index is -3.90. The van der Waals surface area contributed by atoms with Crippen molar-refractivity contribution in [1.29, 1.82) is 0 Å². The van der Waals surface area contributed by atoms with Crippen molar-refractivity contribution in [3.8, 4) is 0 Å². The molecule has 2 heterocycles. The highest BCUT2D eigenvalue weighted by Gasteiger charge is 2.40. The van der Waals surface area contributed by atoms with Crippen LogP contribution in [0.5, 0.6) is 0 Å². The number of aliphatic imine (C=N–C) groups is 1. The number of sulfonamides is 1. The molecule has 2 amide bonds. The lowest BCUT2D eigenvalue weighted by molar-refractivity contribution is -0.142. The van der Waals surface area contributed by atoms with Gasteiger partial charge in [0.05, 0.1) is 11.4 Å². The molecule has 0 saturated carbocycles. The first-order valence-corrected chi connectivity index (χ1v) is 15.7. The summed E-state index contributed by atoms with van der Waals surface area (Å²) in [6.07, 6.45) is 3.81. The van der Waals surface area contributed by atoms with Crippen molar-refractivity contribution in [3.63, 3.8) is 0 Å². The van der Waals surface area contributed by atoms with E-state index in [-0.39, 0.29) is 23.8 Å². The number of amides is 2. The van der Waals surface area contributed by atoms with E-state index in [2.05, 4.69) is 26.3 Å². The van der Waals surface area contributed by atoms with Crippen LogP contribution in [0.2, 0.25) is 0 Å². The number of anilines is 1. The molecule has 0 radical (unpaired) electrons. The third-order valence-corrected chi connectivity index (χ3v) is 9.12. The van der Waals surface area contributed by atoms with E-state index in [9.17, 15) is 27.9 Å². The van der Waals surface area contributed by atoms with Crippen LogP contribution in [0.4, 0.5) is 5.69 Å². The maximum atomic E-state index is 13.1. The Morgan fingerprint density at radius 1 is 1.05 bits per heavy atom. The van der Waals surface area contributed by atoms with Gasteiger partial charge in [0.2, 0.25) is 21.8 Å². The zero-order chi connectivity index (χ0) is 30.0. The van der Waals surface area contributed by atoms with Gasteiger partial charge in [0, 0.05) is 38.2 Å². The molecule has 0 bridgehead atoms. The molecule has 5 N–H and O–H groups in total. The zero-order valence-corrected chi connectivity index (χ0v) is 24.2. The number of guanidine groups is 1. The molecule has 2 aromatic carbocycles. The van der Waals surface area contributed by atoms with E-state index in [1.807, 2.05) is 0 Å². The molecule has 0 aliphatic carbocycles. The van der Waals surface area contributed by atoms with Crippen LogP contribution >= 0.6 is 0 Å². The van der Waals surface area contributed by atoms with Gasteiger partial charge in [-0.05, 0) is 55.5 Å². The van der Waals surface area contributed by atoms with Gasteiger partial charge in [-0.2, -0.15) is 4.31 Å². The van der Waals surface area contributed by atoms with Gasteiger partial charge in [0.15, 0.2) is 5.96 Å². The van der Waals surface area contributed by atoms with Crippen molar-refractivity contribution in [3.05, 3.63) is 60.2 Å². The number of rotatable bonds is 14. The van der Waals surface area contributed by atoms with Crippen LogP contribution in [-0.4, -0.2) is 79.8 Å². The first kappa shape index (κ1) is 31.0. The average molecular weight is 599 g/mol. The topological polar surface area (TPSA) is 169 Å². The molecular formula is C29H38N6O6S. The maximum Gasteiger partial charge on any atom is 0.326 e. The van der Waals surface area contributed by atoms with Crippen LogP contribution in [0, 0.1) is 0 Å². The number of aliphatic carboxylic acids is 1. The highest BCUT2D eigenvalue weighted by molar-refractivity contribution is 7.89.